The maximum Gasteiger partial charge on any atom is 0.243 e. The fourth-order valence-electron chi connectivity index (χ4n) is 2.95. The van der Waals surface area contributed by atoms with Crippen molar-refractivity contribution in [3.05, 3.63) is 0 Å². The minimum absolute atomic E-state index is 0.0268. The van der Waals surface area contributed by atoms with Crippen LogP contribution < -0.4 is 11.1 Å². The van der Waals surface area contributed by atoms with Crippen LogP contribution in [-0.4, -0.2) is 41.9 Å². The van der Waals surface area contributed by atoms with E-state index in [-0.39, 0.29) is 17.9 Å². The molecule has 0 aromatic carbocycles. The van der Waals surface area contributed by atoms with Crippen LogP contribution in [0.15, 0.2) is 0 Å². The second-order valence-electron chi connectivity index (χ2n) is 5.13. The van der Waals surface area contributed by atoms with Crippen molar-refractivity contribution in [2.75, 3.05) is 13.6 Å². The van der Waals surface area contributed by atoms with Crippen LogP contribution in [-0.2, 0) is 9.59 Å². The largest absolute Gasteiger partial charge is 0.357 e. The van der Waals surface area contributed by atoms with Crippen LogP contribution in [0.2, 0.25) is 0 Å². The monoisotopic (exact) mass is 239 g/mol. The molecule has 2 aliphatic rings. The van der Waals surface area contributed by atoms with Gasteiger partial charge in [-0.15, -0.1) is 0 Å². The summed E-state index contributed by atoms with van der Waals surface area (Å²) in [7, 11) is 1.61. The molecule has 5 heteroatoms. The van der Waals surface area contributed by atoms with Gasteiger partial charge >= 0.3 is 0 Å². The van der Waals surface area contributed by atoms with Gasteiger partial charge in [0.1, 0.15) is 6.04 Å². The number of rotatable bonds is 2. The van der Waals surface area contributed by atoms with Crippen LogP contribution in [0, 0.1) is 0 Å². The van der Waals surface area contributed by atoms with Crippen LogP contribution in [0.1, 0.15) is 38.5 Å². The minimum Gasteiger partial charge on any atom is -0.357 e. The van der Waals surface area contributed by atoms with Crippen molar-refractivity contribution < 1.29 is 9.59 Å². The summed E-state index contributed by atoms with van der Waals surface area (Å²) in [6, 6.07) is -0.312. The summed E-state index contributed by atoms with van der Waals surface area (Å²) in [5, 5.41) is 2.62. The number of hydrogen-bond donors (Lipinski definition) is 2. The van der Waals surface area contributed by atoms with E-state index in [1.807, 2.05) is 0 Å². The van der Waals surface area contributed by atoms with E-state index in [2.05, 4.69) is 5.32 Å². The van der Waals surface area contributed by atoms with Gasteiger partial charge in [-0.2, -0.15) is 0 Å². The number of likely N-dealkylation sites (tertiary alicyclic amines) is 1. The van der Waals surface area contributed by atoms with Crippen molar-refractivity contribution in [2.24, 2.45) is 5.73 Å². The lowest BCUT2D eigenvalue weighted by Crippen LogP contribution is -2.57. The van der Waals surface area contributed by atoms with Crippen LogP contribution in [0.4, 0.5) is 0 Å². The number of nitrogens with zero attached hydrogens (tertiary/aromatic N) is 1. The Hall–Kier alpha value is -1.10. The molecule has 3 N–H and O–H groups in total. The number of nitrogens with one attached hydrogen (secondary N) is 1. The molecular weight excluding hydrogens is 218 g/mol. The van der Waals surface area contributed by atoms with E-state index in [1.54, 1.807) is 11.9 Å². The van der Waals surface area contributed by atoms with Crippen LogP contribution in [0.25, 0.3) is 0 Å². The maximum absolute atomic E-state index is 12.4. The van der Waals surface area contributed by atoms with Crippen molar-refractivity contribution in [1.82, 2.24) is 10.2 Å². The van der Waals surface area contributed by atoms with E-state index in [4.69, 9.17) is 5.73 Å². The van der Waals surface area contributed by atoms with E-state index in [0.717, 1.165) is 38.5 Å². The molecule has 2 rings (SSSR count). The predicted octanol–water partition coefficient (Wildman–Crippen LogP) is -0.00510. The lowest BCUT2D eigenvalue weighted by atomic mass is 9.96. The Morgan fingerprint density at radius 1 is 1.29 bits per heavy atom. The summed E-state index contributed by atoms with van der Waals surface area (Å²) in [5.74, 6) is -0.0986. The van der Waals surface area contributed by atoms with Gasteiger partial charge in [-0.25, -0.2) is 0 Å². The SMILES string of the molecule is CNC(=O)C1CCCN1C(=O)C1(N)CCCC1. The molecule has 1 aliphatic carbocycles. The summed E-state index contributed by atoms with van der Waals surface area (Å²) in [6.07, 6.45) is 5.18. The van der Waals surface area contributed by atoms with Crippen LogP contribution >= 0.6 is 0 Å². The highest BCUT2D eigenvalue weighted by molar-refractivity contribution is 5.92. The van der Waals surface area contributed by atoms with E-state index in [1.165, 1.54) is 0 Å². The fraction of sp³-hybridized carbons (Fsp3) is 0.833. The molecule has 96 valence electrons. The third-order valence-electron chi connectivity index (χ3n) is 3.98. The number of carbonyl (C=O) groups is 2. The van der Waals surface area contributed by atoms with Crippen molar-refractivity contribution in [2.45, 2.75) is 50.1 Å². The quantitative estimate of drug-likeness (QED) is 0.712. The highest BCUT2D eigenvalue weighted by Crippen LogP contribution is 2.31. The Bertz CT molecular complexity index is 324. The molecule has 0 aromatic rings. The first-order valence-electron chi connectivity index (χ1n) is 6.40. The Morgan fingerprint density at radius 3 is 2.53 bits per heavy atom. The van der Waals surface area contributed by atoms with Crippen LogP contribution in [0.5, 0.6) is 0 Å². The summed E-state index contributed by atoms with van der Waals surface area (Å²) in [5.41, 5.74) is 5.45. The number of likely N-dealkylation sites (N-methyl/N-ethyl adjacent to an activating group) is 1. The molecule has 1 atom stereocenters. The van der Waals surface area contributed by atoms with Gasteiger partial charge in [0.15, 0.2) is 0 Å². The fourth-order valence-corrected chi connectivity index (χ4v) is 2.95. The Kier molecular flexibility index (Phi) is 3.38. The molecule has 2 fully saturated rings. The summed E-state index contributed by atoms with van der Waals surface area (Å²) < 4.78 is 0. The number of nitrogens with two attached hydrogens (primary N) is 1. The van der Waals surface area contributed by atoms with Gasteiger partial charge in [0.25, 0.3) is 0 Å². The van der Waals surface area contributed by atoms with Crippen molar-refractivity contribution in [3.63, 3.8) is 0 Å². The highest BCUT2D eigenvalue weighted by Gasteiger charge is 2.44. The topological polar surface area (TPSA) is 75.4 Å². The van der Waals surface area contributed by atoms with Gasteiger partial charge in [0, 0.05) is 13.6 Å². The maximum atomic E-state index is 12.4. The molecule has 1 saturated heterocycles. The second kappa shape index (κ2) is 4.64. The first kappa shape index (κ1) is 12.4. The van der Waals surface area contributed by atoms with E-state index >= 15 is 0 Å². The molecule has 0 aromatic heterocycles. The van der Waals surface area contributed by atoms with E-state index in [0.29, 0.717) is 6.54 Å². The number of amides is 2. The zero-order chi connectivity index (χ0) is 12.5. The summed E-state index contributed by atoms with van der Waals surface area (Å²) >= 11 is 0. The third-order valence-corrected chi connectivity index (χ3v) is 3.98. The molecule has 5 nitrogen and oxygen atoms in total. The molecule has 0 bridgehead atoms. The molecule has 1 saturated carbocycles. The van der Waals surface area contributed by atoms with Gasteiger partial charge in [-0.3, -0.25) is 9.59 Å². The molecule has 1 heterocycles. The lowest BCUT2D eigenvalue weighted by Gasteiger charge is -2.31. The molecule has 2 amide bonds. The Balaban J connectivity index is 2.10. The molecule has 17 heavy (non-hydrogen) atoms. The first-order chi connectivity index (χ1) is 8.08. The molecule has 0 radical (unpaired) electrons. The predicted molar refractivity (Wildman–Crippen MR) is 64.2 cm³/mol. The first-order valence-corrected chi connectivity index (χ1v) is 6.40. The second-order valence-corrected chi connectivity index (χ2v) is 5.13. The lowest BCUT2D eigenvalue weighted by molar-refractivity contribution is -0.142. The molecule has 1 unspecified atom stereocenters. The van der Waals surface area contributed by atoms with Crippen molar-refractivity contribution >= 4 is 11.8 Å². The average molecular weight is 239 g/mol. The van der Waals surface area contributed by atoms with Gasteiger partial charge in [-0.1, -0.05) is 12.8 Å². The smallest absolute Gasteiger partial charge is 0.243 e. The zero-order valence-electron chi connectivity index (χ0n) is 10.4. The van der Waals surface area contributed by atoms with Crippen LogP contribution in [0.3, 0.4) is 0 Å². The third kappa shape index (κ3) is 2.16. The molecular formula is C12H21N3O2. The molecule has 0 spiro atoms. The Labute approximate surface area is 102 Å². The highest BCUT2D eigenvalue weighted by atomic mass is 16.2. The van der Waals surface area contributed by atoms with Gasteiger partial charge in [0.05, 0.1) is 5.54 Å². The molecule has 1 aliphatic heterocycles. The van der Waals surface area contributed by atoms with Gasteiger partial charge in [0.2, 0.25) is 11.8 Å². The van der Waals surface area contributed by atoms with E-state index in [9.17, 15) is 9.59 Å². The standard InChI is InChI=1S/C12H21N3O2/c1-14-10(16)9-5-4-8-15(9)11(17)12(13)6-2-3-7-12/h9H,2-8,13H2,1H3,(H,14,16). The zero-order valence-corrected chi connectivity index (χ0v) is 10.4. The normalized spacial score (nSPS) is 27.2. The Morgan fingerprint density at radius 2 is 1.94 bits per heavy atom. The minimum atomic E-state index is -0.712. The van der Waals surface area contributed by atoms with Crippen molar-refractivity contribution in [1.29, 1.82) is 0 Å². The van der Waals surface area contributed by atoms with E-state index < -0.39 is 5.54 Å². The van der Waals surface area contributed by atoms with Crippen molar-refractivity contribution in [3.8, 4) is 0 Å². The summed E-state index contributed by atoms with van der Waals surface area (Å²) in [4.78, 5) is 25.8. The summed E-state index contributed by atoms with van der Waals surface area (Å²) in [6.45, 7) is 0.663. The number of hydrogen-bond acceptors (Lipinski definition) is 3. The number of carbonyl (C=O) groups excluding carboxylic acids is 2. The van der Waals surface area contributed by atoms with Gasteiger partial charge in [-0.05, 0) is 25.7 Å². The van der Waals surface area contributed by atoms with Gasteiger partial charge < -0.3 is 16.0 Å². The average Bonchev–Trinajstić information content (AvgIpc) is 2.96.